The molecule has 1 saturated heterocycles. The molecule has 0 atom stereocenters. The molecule has 4 nitrogen and oxygen atoms in total. The van der Waals surface area contributed by atoms with Crippen molar-refractivity contribution in [1.82, 2.24) is 4.90 Å². The van der Waals surface area contributed by atoms with E-state index >= 15 is 0 Å². The van der Waals surface area contributed by atoms with Gasteiger partial charge in [-0.15, -0.1) is 0 Å². The van der Waals surface area contributed by atoms with Gasteiger partial charge < -0.3 is 0 Å². The number of anilines is 1. The summed E-state index contributed by atoms with van der Waals surface area (Å²) >= 11 is 6.00. The van der Waals surface area contributed by atoms with E-state index in [1.165, 1.54) is 28.3 Å². The lowest BCUT2D eigenvalue weighted by atomic mass is 9.86. The van der Waals surface area contributed by atoms with Crippen molar-refractivity contribution in [2.75, 3.05) is 23.7 Å². The van der Waals surface area contributed by atoms with E-state index in [1.54, 1.807) is 24.3 Å². The zero-order chi connectivity index (χ0) is 23.4. The van der Waals surface area contributed by atoms with Crippen molar-refractivity contribution in [2.45, 2.75) is 31.8 Å². The zero-order valence-electron chi connectivity index (χ0n) is 18.6. The molecule has 33 heavy (non-hydrogen) atoms. The van der Waals surface area contributed by atoms with E-state index in [0.29, 0.717) is 16.6 Å². The largest absolute Gasteiger partial charge is 0.299 e. The predicted octanol–water partition coefficient (Wildman–Crippen LogP) is 5.82. The molecule has 1 aliphatic rings. The molecule has 0 aromatic heterocycles. The molecule has 7 heteroatoms. The number of benzene rings is 3. The smallest absolute Gasteiger partial charge is 0.232 e. The molecule has 1 heterocycles. The van der Waals surface area contributed by atoms with Crippen LogP contribution in [0.15, 0.2) is 72.8 Å². The van der Waals surface area contributed by atoms with Crippen LogP contribution in [0.4, 0.5) is 10.1 Å². The van der Waals surface area contributed by atoms with Gasteiger partial charge in [-0.2, -0.15) is 0 Å². The summed E-state index contributed by atoms with van der Waals surface area (Å²) in [5.41, 5.74) is 3.95. The summed E-state index contributed by atoms with van der Waals surface area (Å²) in [7, 11) is -3.47. The molecule has 4 rings (SSSR count). The van der Waals surface area contributed by atoms with Gasteiger partial charge in [-0.05, 0) is 84.9 Å². The Morgan fingerprint density at radius 2 is 1.61 bits per heavy atom. The van der Waals surface area contributed by atoms with Crippen LogP contribution in [0, 0.1) is 5.82 Å². The molecule has 0 aliphatic carbocycles. The van der Waals surface area contributed by atoms with Gasteiger partial charge in [-0.25, -0.2) is 12.8 Å². The molecule has 1 fully saturated rings. The van der Waals surface area contributed by atoms with Crippen molar-refractivity contribution in [3.8, 4) is 0 Å². The summed E-state index contributed by atoms with van der Waals surface area (Å²) in [6, 6.07) is 21.7. The molecule has 3 aromatic carbocycles. The second-order valence-corrected chi connectivity index (χ2v) is 11.0. The number of halogens is 2. The molecule has 0 amide bonds. The Morgan fingerprint density at radius 3 is 2.24 bits per heavy atom. The fraction of sp³-hybridized carbons (Fsp3) is 0.308. The van der Waals surface area contributed by atoms with Gasteiger partial charge in [-0.3, -0.25) is 9.21 Å². The third-order valence-electron chi connectivity index (χ3n) is 6.23. The van der Waals surface area contributed by atoms with Crippen LogP contribution in [0.25, 0.3) is 0 Å². The van der Waals surface area contributed by atoms with Crippen LogP contribution in [0.5, 0.6) is 0 Å². The maximum Gasteiger partial charge on any atom is 0.232 e. The molecule has 1 aliphatic heterocycles. The normalized spacial score (nSPS) is 15.5. The molecule has 174 valence electrons. The topological polar surface area (TPSA) is 40.6 Å². The fourth-order valence-corrected chi connectivity index (χ4v) is 5.49. The van der Waals surface area contributed by atoms with E-state index in [2.05, 4.69) is 11.0 Å². The minimum Gasteiger partial charge on any atom is -0.299 e. The molecule has 0 radical (unpaired) electrons. The van der Waals surface area contributed by atoms with Crippen LogP contribution in [-0.2, 0) is 23.1 Å². The van der Waals surface area contributed by atoms with E-state index in [4.69, 9.17) is 11.6 Å². The van der Waals surface area contributed by atoms with E-state index in [-0.39, 0.29) is 12.4 Å². The van der Waals surface area contributed by atoms with Crippen LogP contribution in [0.3, 0.4) is 0 Å². The minimum atomic E-state index is -3.47. The third-order valence-corrected chi connectivity index (χ3v) is 7.62. The second-order valence-electron chi connectivity index (χ2n) is 8.62. The Kier molecular flexibility index (Phi) is 7.37. The number of sulfonamides is 1. The lowest BCUT2D eigenvalue weighted by Gasteiger charge is -2.33. The average Bonchev–Trinajstić information content (AvgIpc) is 2.80. The first kappa shape index (κ1) is 23.7. The highest BCUT2D eigenvalue weighted by Gasteiger charge is 2.25. The maximum atomic E-state index is 13.2. The highest BCUT2D eigenvalue weighted by molar-refractivity contribution is 7.92. The van der Waals surface area contributed by atoms with E-state index in [1.807, 2.05) is 30.3 Å². The van der Waals surface area contributed by atoms with Crippen molar-refractivity contribution in [2.24, 2.45) is 0 Å². The van der Waals surface area contributed by atoms with Crippen LogP contribution in [0.2, 0.25) is 5.02 Å². The highest BCUT2D eigenvalue weighted by Crippen LogP contribution is 2.33. The van der Waals surface area contributed by atoms with Crippen molar-refractivity contribution in [3.05, 3.63) is 100 Å². The maximum absolute atomic E-state index is 13.2. The Labute approximate surface area is 200 Å². The Balaban J connectivity index is 1.48. The first-order chi connectivity index (χ1) is 15.8. The van der Waals surface area contributed by atoms with Gasteiger partial charge in [0.1, 0.15) is 5.82 Å². The highest BCUT2D eigenvalue weighted by atomic mass is 35.5. The average molecular weight is 487 g/mol. The standard InChI is InChI=1S/C26H28ClFN2O2S/c1-33(31,32)30(25-12-8-23(27)9-13-25)19-22-4-2-3-5-26(22)21-14-16-29(17-15-21)18-20-6-10-24(28)11-7-20/h2-13,21H,14-19H2,1H3. The molecule has 0 bridgehead atoms. The van der Waals surface area contributed by atoms with Gasteiger partial charge in [0.05, 0.1) is 18.5 Å². The Bertz CT molecular complexity index is 1180. The fourth-order valence-electron chi connectivity index (χ4n) is 4.49. The van der Waals surface area contributed by atoms with Gasteiger partial charge in [0, 0.05) is 11.6 Å². The molecule has 0 spiro atoms. The van der Waals surface area contributed by atoms with E-state index in [0.717, 1.165) is 43.6 Å². The summed E-state index contributed by atoms with van der Waals surface area (Å²) in [4.78, 5) is 2.39. The Hall–Kier alpha value is -2.41. The summed E-state index contributed by atoms with van der Waals surface area (Å²) in [6.07, 6.45) is 3.23. The number of rotatable bonds is 7. The molecule has 3 aromatic rings. The number of hydrogen-bond donors (Lipinski definition) is 0. The molecule has 0 unspecified atom stereocenters. The first-order valence-electron chi connectivity index (χ1n) is 11.1. The van der Waals surface area contributed by atoms with Gasteiger partial charge in [-0.1, -0.05) is 48.0 Å². The number of nitrogens with zero attached hydrogens (tertiary/aromatic N) is 2. The monoisotopic (exact) mass is 486 g/mol. The predicted molar refractivity (Wildman–Crippen MR) is 133 cm³/mol. The van der Waals surface area contributed by atoms with E-state index in [9.17, 15) is 12.8 Å². The van der Waals surface area contributed by atoms with Crippen molar-refractivity contribution < 1.29 is 12.8 Å². The Morgan fingerprint density at radius 1 is 0.970 bits per heavy atom. The second kappa shape index (κ2) is 10.2. The lowest BCUT2D eigenvalue weighted by molar-refractivity contribution is 0.204. The molecular weight excluding hydrogens is 459 g/mol. The van der Waals surface area contributed by atoms with Gasteiger partial charge in [0.2, 0.25) is 10.0 Å². The summed E-state index contributed by atoms with van der Waals surface area (Å²) in [6.45, 7) is 2.99. The summed E-state index contributed by atoms with van der Waals surface area (Å²) in [5.74, 6) is 0.160. The third kappa shape index (κ3) is 6.14. The van der Waals surface area contributed by atoms with Crippen molar-refractivity contribution in [1.29, 1.82) is 0 Å². The van der Waals surface area contributed by atoms with Gasteiger partial charge >= 0.3 is 0 Å². The molecule has 0 N–H and O–H groups in total. The summed E-state index contributed by atoms with van der Waals surface area (Å²) < 4.78 is 39.8. The number of piperidine rings is 1. The molecular formula is C26H28ClFN2O2S. The quantitative estimate of drug-likeness (QED) is 0.422. The van der Waals surface area contributed by atoms with Gasteiger partial charge in [0.15, 0.2) is 0 Å². The van der Waals surface area contributed by atoms with Crippen LogP contribution < -0.4 is 4.31 Å². The van der Waals surface area contributed by atoms with Crippen LogP contribution in [-0.4, -0.2) is 32.7 Å². The van der Waals surface area contributed by atoms with E-state index < -0.39 is 10.0 Å². The van der Waals surface area contributed by atoms with Crippen molar-refractivity contribution in [3.63, 3.8) is 0 Å². The van der Waals surface area contributed by atoms with Crippen LogP contribution >= 0.6 is 11.6 Å². The van der Waals surface area contributed by atoms with Crippen LogP contribution in [0.1, 0.15) is 35.4 Å². The van der Waals surface area contributed by atoms with Crippen molar-refractivity contribution >= 4 is 27.3 Å². The van der Waals surface area contributed by atoms with Gasteiger partial charge in [0.25, 0.3) is 0 Å². The summed E-state index contributed by atoms with van der Waals surface area (Å²) in [5, 5.41) is 0.569. The number of hydrogen-bond acceptors (Lipinski definition) is 3. The molecule has 0 saturated carbocycles. The number of likely N-dealkylation sites (tertiary alicyclic amines) is 1. The first-order valence-corrected chi connectivity index (χ1v) is 13.3. The SMILES string of the molecule is CS(=O)(=O)N(Cc1ccccc1C1CCN(Cc2ccc(F)cc2)CC1)c1ccc(Cl)cc1. The minimum absolute atomic E-state index is 0.212. The lowest BCUT2D eigenvalue weighted by Crippen LogP contribution is -2.33. The zero-order valence-corrected chi connectivity index (χ0v) is 20.2.